The van der Waals surface area contributed by atoms with Crippen molar-refractivity contribution in [2.45, 2.75) is 46.2 Å². The van der Waals surface area contributed by atoms with Gasteiger partial charge < -0.3 is 10.2 Å². The SMILES string of the molecule is CNC(=O)[C@H](C)N(Cc1ccc(F)cc1)C(=O)CCCN(c1ccc(C)c(C)c1)S(C)(=O)=O. The lowest BCUT2D eigenvalue weighted by molar-refractivity contribution is -0.140. The van der Waals surface area contributed by atoms with Crippen LogP contribution in [0.5, 0.6) is 0 Å². The quantitative estimate of drug-likeness (QED) is 0.570. The van der Waals surface area contributed by atoms with E-state index in [1.807, 2.05) is 26.0 Å². The fourth-order valence-electron chi connectivity index (χ4n) is 3.46. The highest BCUT2D eigenvalue weighted by Gasteiger charge is 2.26. The largest absolute Gasteiger partial charge is 0.357 e. The number of hydrogen-bond donors (Lipinski definition) is 1. The Morgan fingerprint density at radius 3 is 2.24 bits per heavy atom. The topological polar surface area (TPSA) is 86.8 Å². The molecule has 0 heterocycles. The number of nitrogens with one attached hydrogen (secondary N) is 1. The fourth-order valence-corrected chi connectivity index (χ4v) is 4.42. The number of likely N-dealkylation sites (N-methyl/N-ethyl adjacent to an activating group) is 1. The Balaban J connectivity index is 2.15. The van der Waals surface area contributed by atoms with Crippen LogP contribution in [0.4, 0.5) is 10.1 Å². The van der Waals surface area contributed by atoms with Crippen molar-refractivity contribution in [3.63, 3.8) is 0 Å². The summed E-state index contributed by atoms with van der Waals surface area (Å²) >= 11 is 0. The van der Waals surface area contributed by atoms with E-state index in [1.54, 1.807) is 25.1 Å². The number of amides is 2. The molecule has 0 fully saturated rings. The first kappa shape index (κ1) is 26.3. The first-order chi connectivity index (χ1) is 15.4. The van der Waals surface area contributed by atoms with Crippen LogP contribution in [0.25, 0.3) is 0 Å². The average molecular weight is 478 g/mol. The number of anilines is 1. The number of carbonyl (C=O) groups is 2. The maximum Gasteiger partial charge on any atom is 0.242 e. The van der Waals surface area contributed by atoms with Crippen LogP contribution >= 0.6 is 0 Å². The highest BCUT2D eigenvalue weighted by Crippen LogP contribution is 2.22. The monoisotopic (exact) mass is 477 g/mol. The normalized spacial score (nSPS) is 12.2. The number of aryl methyl sites for hydroxylation is 2. The molecule has 0 aliphatic rings. The van der Waals surface area contributed by atoms with E-state index in [2.05, 4.69) is 5.32 Å². The van der Waals surface area contributed by atoms with Gasteiger partial charge >= 0.3 is 0 Å². The lowest BCUT2D eigenvalue weighted by Gasteiger charge is -2.29. The molecule has 2 aromatic rings. The molecule has 0 radical (unpaired) electrons. The molecule has 0 spiro atoms. The van der Waals surface area contributed by atoms with Gasteiger partial charge in [-0.05, 0) is 68.1 Å². The summed E-state index contributed by atoms with van der Waals surface area (Å²) in [5, 5.41) is 2.54. The van der Waals surface area contributed by atoms with Crippen LogP contribution in [0, 0.1) is 19.7 Å². The van der Waals surface area contributed by atoms with Crippen molar-refractivity contribution < 1.29 is 22.4 Å². The molecule has 33 heavy (non-hydrogen) atoms. The van der Waals surface area contributed by atoms with Crippen molar-refractivity contribution in [2.75, 3.05) is 24.2 Å². The lowest BCUT2D eigenvalue weighted by atomic mass is 10.1. The van der Waals surface area contributed by atoms with Gasteiger partial charge in [-0.3, -0.25) is 13.9 Å². The van der Waals surface area contributed by atoms with Crippen molar-refractivity contribution in [3.8, 4) is 0 Å². The van der Waals surface area contributed by atoms with Crippen LogP contribution in [-0.2, 0) is 26.2 Å². The number of benzene rings is 2. The Hall–Kier alpha value is -2.94. The van der Waals surface area contributed by atoms with E-state index in [4.69, 9.17) is 0 Å². The molecule has 1 atom stereocenters. The molecule has 1 N–H and O–H groups in total. The van der Waals surface area contributed by atoms with E-state index in [9.17, 15) is 22.4 Å². The highest BCUT2D eigenvalue weighted by atomic mass is 32.2. The smallest absolute Gasteiger partial charge is 0.242 e. The third kappa shape index (κ3) is 7.28. The third-order valence-corrected chi connectivity index (χ3v) is 6.80. The van der Waals surface area contributed by atoms with E-state index in [0.717, 1.165) is 17.4 Å². The first-order valence-corrected chi connectivity index (χ1v) is 12.6. The minimum absolute atomic E-state index is 0.0550. The number of hydrogen-bond acceptors (Lipinski definition) is 4. The summed E-state index contributed by atoms with van der Waals surface area (Å²) in [4.78, 5) is 26.7. The molecular weight excluding hydrogens is 445 g/mol. The molecule has 9 heteroatoms. The summed E-state index contributed by atoms with van der Waals surface area (Å²) in [6.45, 7) is 5.76. The average Bonchev–Trinajstić information content (AvgIpc) is 2.76. The second-order valence-electron chi connectivity index (χ2n) is 8.15. The zero-order chi connectivity index (χ0) is 24.8. The Labute approximate surface area is 195 Å². The zero-order valence-corrected chi connectivity index (χ0v) is 20.6. The Morgan fingerprint density at radius 1 is 1.06 bits per heavy atom. The van der Waals surface area contributed by atoms with E-state index >= 15 is 0 Å². The molecule has 0 aromatic heterocycles. The van der Waals surface area contributed by atoms with Gasteiger partial charge in [-0.1, -0.05) is 18.2 Å². The molecule has 0 saturated carbocycles. The number of nitrogens with zero attached hydrogens (tertiary/aromatic N) is 2. The standard InChI is InChI=1S/C24H32FN3O4S/c1-17-8-13-22(15-18(17)2)28(33(5,31)32)14-6-7-23(29)27(19(3)24(30)26-4)16-20-9-11-21(25)12-10-20/h8-13,15,19H,6-7,14,16H2,1-5H3,(H,26,30)/t19-/m0/s1. The molecule has 2 aromatic carbocycles. The minimum Gasteiger partial charge on any atom is -0.357 e. The molecule has 7 nitrogen and oxygen atoms in total. The predicted molar refractivity (Wildman–Crippen MR) is 128 cm³/mol. The van der Waals surface area contributed by atoms with Crippen molar-refractivity contribution in [1.82, 2.24) is 10.2 Å². The van der Waals surface area contributed by atoms with E-state index in [0.29, 0.717) is 11.3 Å². The Bertz CT molecular complexity index is 1090. The Morgan fingerprint density at radius 2 is 1.70 bits per heavy atom. The van der Waals surface area contributed by atoms with Crippen LogP contribution in [0.1, 0.15) is 36.5 Å². The second-order valence-corrected chi connectivity index (χ2v) is 10.1. The Kier molecular flexibility index (Phi) is 8.99. The number of rotatable bonds is 10. The molecule has 180 valence electrons. The molecule has 0 aliphatic heterocycles. The maximum absolute atomic E-state index is 13.3. The second kappa shape index (κ2) is 11.3. The van der Waals surface area contributed by atoms with Crippen LogP contribution in [0.2, 0.25) is 0 Å². The van der Waals surface area contributed by atoms with Gasteiger partial charge in [0.1, 0.15) is 11.9 Å². The van der Waals surface area contributed by atoms with E-state index in [1.165, 1.54) is 28.4 Å². The molecular formula is C24H32FN3O4S. The summed E-state index contributed by atoms with van der Waals surface area (Å²) in [5.41, 5.74) is 3.27. The van der Waals surface area contributed by atoms with Crippen LogP contribution in [-0.4, -0.2) is 51.0 Å². The zero-order valence-electron chi connectivity index (χ0n) is 19.8. The molecule has 0 aliphatic carbocycles. The van der Waals surface area contributed by atoms with Crippen molar-refractivity contribution in [1.29, 1.82) is 0 Å². The van der Waals surface area contributed by atoms with Gasteiger partial charge in [0.15, 0.2) is 0 Å². The molecule has 0 saturated heterocycles. The minimum atomic E-state index is -3.54. The number of halogens is 1. The predicted octanol–water partition coefficient (Wildman–Crippen LogP) is 3.15. The van der Waals surface area contributed by atoms with Gasteiger partial charge in [-0.25, -0.2) is 12.8 Å². The van der Waals surface area contributed by atoms with Crippen LogP contribution < -0.4 is 9.62 Å². The summed E-state index contributed by atoms with van der Waals surface area (Å²) in [7, 11) is -2.05. The van der Waals surface area contributed by atoms with E-state index < -0.39 is 16.1 Å². The van der Waals surface area contributed by atoms with Crippen LogP contribution in [0.15, 0.2) is 42.5 Å². The summed E-state index contributed by atoms with van der Waals surface area (Å²) in [6.07, 6.45) is 1.47. The maximum atomic E-state index is 13.3. The first-order valence-electron chi connectivity index (χ1n) is 10.7. The van der Waals surface area contributed by atoms with Gasteiger partial charge in [0.2, 0.25) is 21.8 Å². The van der Waals surface area contributed by atoms with Gasteiger partial charge in [-0.15, -0.1) is 0 Å². The van der Waals surface area contributed by atoms with Crippen molar-refractivity contribution in [2.24, 2.45) is 0 Å². The molecule has 2 amide bonds. The number of carbonyl (C=O) groups excluding carboxylic acids is 2. The highest BCUT2D eigenvalue weighted by molar-refractivity contribution is 7.92. The van der Waals surface area contributed by atoms with Gasteiger partial charge in [-0.2, -0.15) is 0 Å². The fraction of sp³-hybridized carbons (Fsp3) is 0.417. The molecule has 0 bridgehead atoms. The van der Waals surface area contributed by atoms with Gasteiger partial charge in [0.05, 0.1) is 11.9 Å². The van der Waals surface area contributed by atoms with Crippen LogP contribution in [0.3, 0.4) is 0 Å². The van der Waals surface area contributed by atoms with Gasteiger partial charge in [0, 0.05) is 26.6 Å². The van der Waals surface area contributed by atoms with Gasteiger partial charge in [0.25, 0.3) is 0 Å². The summed E-state index contributed by atoms with van der Waals surface area (Å²) < 4.78 is 39.3. The lowest BCUT2D eigenvalue weighted by Crippen LogP contribution is -2.46. The molecule has 0 unspecified atom stereocenters. The van der Waals surface area contributed by atoms with Crippen molar-refractivity contribution >= 4 is 27.5 Å². The summed E-state index contributed by atoms with van der Waals surface area (Å²) in [5.74, 6) is -0.995. The van der Waals surface area contributed by atoms with E-state index in [-0.39, 0.29) is 43.6 Å². The van der Waals surface area contributed by atoms with Crippen molar-refractivity contribution in [3.05, 3.63) is 65.0 Å². The summed E-state index contributed by atoms with van der Waals surface area (Å²) in [6, 6.07) is 10.4. The third-order valence-electron chi connectivity index (χ3n) is 5.61. The molecule has 2 rings (SSSR count). The number of sulfonamides is 1.